The van der Waals surface area contributed by atoms with Gasteiger partial charge in [0.2, 0.25) is 15.9 Å². The van der Waals surface area contributed by atoms with Crippen molar-refractivity contribution in [3.8, 4) is 0 Å². The van der Waals surface area contributed by atoms with E-state index in [4.69, 9.17) is 4.42 Å². The smallest absolute Gasteiger partial charge is 0.293 e. The summed E-state index contributed by atoms with van der Waals surface area (Å²) < 4.78 is 31.1. The number of hydrogen-bond donors (Lipinski definition) is 3. The molecule has 11 heteroatoms. The van der Waals surface area contributed by atoms with E-state index in [1.807, 2.05) is 0 Å². The van der Waals surface area contributed by atoms with E-state index >= 15 is 0 Å². The molecule has 3 N–H and O–H groups in total. The van der Waals surface area contributed by atoms with Crippen LogP contribution in [-0.4, -0.2) is 31.0 Å². The fourth-order valence-electron chi connectivity index (χ4n) is 2.50. The van der Waals surface area contributed by atoms with Crippen LogP contribution in [0, 0.1) is 0 Å². The highest BCUT2D eigenvalue weighted by atomic mass is 32.2. The summed E-state index contributed by atoms with van der Waals surface area (Å²) in [6.45, 7) is 1.79. The maximum absolute atomic E-state index is 12.2. The molecule has 0 aliphatic heterocycles. The summed E-state index contributed by atoms with van der Waals surface area (Å²) in [5.74, 6) is -0.489. The molecule has 0 spiro atoms. The van der Waals surface area contributed by atoms with Crippen LogP contribution < -0.4 is 15.4 Å². The Kier molecular flexibility index (Phi) is 6.85. The number of thiazole rings is 1. The van der Waals surface area contributed by atoms with Crippen LogP contribution in [0.3, 0.4) is 0 Å². The standard InChI is InChI=1S/C19H20N4O5S2/c1-2-10-30(26,27)23-14-7-5-13(6-8-14)20-17(24)11-15-12-29-19(21-15)22-18(25)16-4-3-9-28-16/h3-9,12,23H,2,10-11H2,1H3,(H,20,24)(H,21,22,25). The number of rotatable bonds is 9. The van der Waals surface area contributed by atoms with Gasteiger partial charge in [-0.3, -0.25) is 19.6 Å². The van der Waals surface area contributed by atoms with Crippen molar-refractivity contribution in [1.82, 2.24) is 4.98 Å². The van der Waals surface area contributed by atoms with E-state index in [-0.39, 0.29) is 23.8 Å². The third-order valence-electron chi connectivity index (χ3n) is 3.77. The van der Waals surface area contributed by atoms with Gasteiger partial charge >= 0.3 is 0 Å². The summed E-state index contributed by atoms with van der Waals surface area (Å²) in [7, 11) is -3.36. The molecule has 3 aromatic rings. The monoisotopic (exact) mass is 448 g/mol. The van der Waals surface area contributed by atoms with Crippen molar-refractivity contribution in [3.63, 3.8) is 0 Å². The van der Waals surface area contributed by atoms with E-state index in [0.29, 0.717) is 28.6 Å². The van der Waals surface area contributed by atoms with Crippen LogP contribution >= 0.6 is 11.3 Å². The average molecular weight is 449 g/mol. The fourth-order valence-corrected chi connectivity index (χ4v) is 4.34. The Morgan fingerprint density at radius 1 is 1.10 bits per heavy atom. The Bertz CT molecular complexity index is 1110. The molecule has 0 atom stereocenters. The van der Waals surface area contributed by atoms with E-state index in [9.17, 15) is 18.0 Å². The first-order valence-corrected chi connectivity index (χ1v) is 11.6. The minimum atomic E-state index is -3.36. The highest BCUT2D eigenvalue weighted by Crippen LogP contribution is 2.19. The van der Waals surface area contributed by atoms with Crippen LogP contribution in [0.15, 0.2) is 52.5 Å². The maximum atomic E-state index is 12.2. The molecule has 2 heterocycles. The summed E-state index contributed by atoms with van der Waals surface area (Å²) in [5.41, 5.74) is 1.47. The van der Waals surface area contributed by atoms with Gasteiger partial charge in [-0.15, -0.1) is 11.3 Å². The zero-order valence-electron chi connectivity index (χ0n) is 16.0. The van der Waals surface area contributed by atoms with Gasteiger partial charge in [0.1, 0.15) is 0 Å². The van der Waals surface area contributed by atoms with Gasteiger partial charge in [-0.2, -0.15) is 0 Å². The van der Waals surface area contributed by atoms with Crippen LogP contribution in [0.5, 0.6) is 0 Å². The zero-order chi connectivity index (χ0) is 21.6. The predicted molar refractivity (Wildman–Crippen MR) is 115 cm³/mol. The Morgan fingerprint density at radius 2 is 1.83 bits per heavy atom. The highest BCUT2D eigenvalue weighted by molar-refractivity contribution is 7.92. The number of anilines is 3. The highest BCUT2D eigenvalue weighted by Gasteiger charge is 2.13. The number of aromatic nitrogens is 1. The molecule has 0 unspecified atom stereocenters. The minimum Gasteiger partial charge on any atom is -0.459 e. The summed E-state index contributed by atoms with van der Waals surface area (Å²) >= 11 is 1.20. The Balaban J connectivity index is 1.52. The zero-order valence-corrected chi connectivity index (χ0v) is 17.7. The normalized spacial score (nSPS) is 11.1. The SMILES string of the molecule is CCCS(=O)(=O)Nc1ccc(NC(=O)Cc2csc(NC(=O)c3ccco3)n2)cc1. The maximum Gasteiger partial charge on any atom is 0.293 e. The molecular weight excluding hydrogens is 428 g/mol. The first-order valence-electron chi connectivity index (χ1n) is 9.04. The van der Waals surface area contributed by atoms with Crippen molar-refractivity contribution >= 4 is 49.7 Å². The quantitative estimate of drug-likeness (QED) is 0.460. The van der Waals surface area contributed by atoms with Gasteiger partial charge in [-0.05, 0) is 42.8 Å². The Morgan fingerprint density at radius 3 is 2.50 bits per heavy atom. The topological polar surface area (TPSA) is 130 Å². The number of benzene rings is 1. The van der Waals surface area contributed by atoms with Crippen LogP contribution in [0.25, 0.3) is 0 Å². The Hall–Kier alpha value is -3.18. The van der Waals surface area contributed by atoms with Crippen molar-refractivity contribution in [3.05, 3.63) is 59.5 Å². The van der Waals surface area contributed by atoms with E-state index in [1.165, 1.54) is 23.7 Å². The van der Waals surface area contributed by atoms with E-state index < -0.39 is 15.9 Å². The molecule has 0 aliphatic rings. The molecule has 2 amide bonds. The second-order valence-corrected chi connectivity index (χ2v) is 9.00. The van der Waals surface area contributed by atoms with Crippen molar-refractivity contribution in [1.29, 1.82) is 0 Å². The van der Waals surface area contributed by atoms with Gasteiger partial charge in [0.25, 0.3) is 5.91 Å². The van der Waals surface area contributed by atoms with Crippen LogP contribution in [0.1, 0.15) is 29.6 Å². The molecule has 158 valence electrons. The molecular formula is C19H20N4O5S2. The molecule has 0 saturated carbocycles. The van der Waals surface area contributed by atoms with Crippen LogP contribution in [-0.2, 0) is 21.2 Å². The molecule has 0 fully saturated rings. The number of furan rings is 1. The molecule has 0 radical (unpaired) electrons. The van der Waals surface area contributed by atoms with E-state index in [0.717, 1.165) is 0 Å². The summed E-state index contributed by atoms with van der Waals surface area (Å²) in [6, 6.07) is 9.52. The van der Waals surface area contributed by atoms with Gasteiger partial charge in [0.15, 0.2) is 10.9 Å². The van der Waals surface area contributed by atoms with E-state index in [2.05, 4.69) is 20.3 Å². The number of nitrogens with zero attached hydrogens (tertiary/aromatic N) is 1. The van der Waals surface area contributed by atoms with Crippen LogP contribution in [0.4, 0.5) is 16.5 Å². The lowest BCUT2D eigenvalue weighted by molar-refractivity contribution is -0.115. The Labute approximate surface area is 177 Å². The van der Waals surface area contributed by atoms with E-state index in [1.54, 1.807) is 42.6 Å². The number of carbonyl (C=O) groups is 2. The number of nitrogens with one attached hydrogen (secondary N) is 3. The van der Waals surface area contributed by atoms with Crippen molar-refractivity contribution in [2.24, 2.45) is 0 Å². The second kappa shape index (κ2) is 9.55. The molecule has 9 nitrogen and oxygen atoms in total. The van der Waals surface area contributed by atoms with Gasteiger partial charge < -0.3 is 9.73 Å². The fraction of sp³-hybridized carbons (Fsp3) is 0.211. The largest absolute Gasteiger partial charge is 0.459 e. The molecule has 30 heavy (non-hydrogen) atoms. The summed E-state index contributed by atoms with van der Waals surface area (Å²) in [5, 5.41) is 7.38. The van der Waals surface area contributed by atoms with Gasteiger partial charge in [-0.1, -0.05) is 6.92 Å². The number of carbonyl (C=O) groups excluding carboxylic acids is 2. The molecule has 0 saturated heterocycles. The molecule has 3 rings (SSSR count). The predicted octanol–water partition coefficient (Wildman–Crippen LogP) is 3.32. The van der Waals surface area contributed by atoms with Crippen molar-refractivity contribution < 1.29 is 22.4 Å². The first kappa shape index (κ1) is 21.5. The summed E-state index contributed by atoms with van der Waals surface area (Å²) in [6.07, 6.45) is 1.95. The first-order chi connectivity index (χ1) is 14.3. The second-order valence-electron chi connectivity index (χ2n) is 6.30. The van der Waals surface area contributed by atoms with Gasteiger partial charge in [0, 0.05) is 16.8 Å². The van der Waals surface area contributed by atoms with Crippen molar-refractivity contribution in [2.75, 3.05) is 21.1 Å². The molecule has 0 bridgehead atoms. The number of amides is 2. The molecule has 2 aromatic heterocycles. The molecule has 1 aromatic carbocycles. The third-order valence-corrected chi connectivity index (χ3v) is 6.07. The summed E-state index contributed by atoms with van der Waals surface area (Å²) in [4.78, 5) is 28.4. The average Bonchev–Trinajstić information content (AvgIpc) is 3.35. The molecule has 0 aliphatic carbocycles. The number of sulfonamides is 1. The number of hydrogen-bond acceptors (Lipinski definition) is 7. The lowest BCUT2D eigenvalue weighted by Gasteiger charge is -2.08. The van der Waals surface area contributed by atoms with Crippen molar-refractivity contribution in [2.45, 2.75) is 19.8 Å². The van der Waals surface area contributed by atoms with Gasteiger partial charge in [-0.25, -0.2) is 13.4 Å². The minimum absolute atomic E-state index is 0.0258. The lowest BCUT2D eigenvalue weighted by Crippen LogP contribution is -2.16. The lowest BCUT2D eigenvalue weighted by atomic mass is 10.2. The van der Waals surface area contributed by atoms with Gasteiger partial charge in [0.05, 0.1) is 24.1 Å². The third kappa shape index (κ3) is 6.16. The van der Waals surface area contributed by atoms with Crippen LogP contribution in [0.2, 0.25) is 0 Å².